The molecule has 0 heterocycles. The Morgan fingerprint density at radius 2 is 1.71 bits per heavy atom. The molecule has 0 aromatic carbocycles. The van der Waals surface area contributed by atoms with Crippen LogP contribution in [-0.2, 0) is 0 Å². The average molecular weight is 385 g/mol. The van der Waals surface area contributed by atoms with E-state index < -0.39 is 0 Å². The van der Waals surface area contributed by atoms with Gasteiger partial charge in [-0.1, -0.05) is 84.1 Å². The second kappa shape index (κ2) is 9.53. The second-order valence-corrected chi connectivity index (χ2v) is 11.7. The Balaban J connectivity index is 1.69. The molecule has 3 aliphatic rings. The van der Waals surface area contributed by atoms with Crippen LogP contribution in [0.15, 0.2) is 23.3 Å². The van der Waals surface area contributed by atoms with Crippen molar-refractivity contribution in [2.45, 2.75) is 112 Å². The van der Waals surface area contributed by atoms with E-state index in [-0.39, 0.29) is 0 Å². The van der Waals surface area contributed by atoms with E-state index in [0.29, 0.717) is 5.41 Å². The number of rotatable bonds is 6. The van der Waals surface area contributed by atoms with E-state index in [1.165, 1.54) is 70.6 Å². The highest BCUT2D eigenvalue weighted by Crippen LogP contribution is 2.60. The van der Waals surface area contributed by atoms with Crippen LogP contribution < -0.4 is 0 Å². The summed E-state index contributed by atoms with van der Waals surface area (Å²) in [5.74, 6) is 5.29. The summed E-state index contributed by atoms with van der Waals surface area (Å²) >= 11 is 0. The van der Waals surface area contributed by atoms with Crippen LogP contribution in [0.5, 0.6) is 0 Å². The van der Waals surface area contributed by atoms with Crippen LogP contribution in [0.1, 0.15) is 112 Å². The molecule has 0 saturated heterocycles. The highest BCUT2D eigenvalue weighted by atomic mass is 14.5. The van der Waals surface area contributed by atoms with E-state index in [1.54, 1.807) is 5.57 Å². The SMILES string of the molecule is CC(C)CCCC(C)C1CCC2/C(=C/C=C3/CC(C)CCC3C)CCCC21C. The first-order valence-corrected chi connectivity index (χ1v) is 12.7. The van der Waals surface area contributed by atoms with Gasteiger partial charge in [0.1, 0.15) is 0 Å². The van der Waals surface area contributed by atoms with E-state index in [9.17, 15) is 0 Å². The van der Waals surface area contributed by atoms with Gasteiger partial charge in [0.15, 0.2) is 0 Å². The van der Waals surface area contributed by atoms with Crippen LogP contribution in [-0.4, -0.2) is 0 Å². The van der Waals surface area contributed by atoms with E-state index in [0.717, 1.165) is 35.5 Å². The van der Waals surface area contributed by atoms with Crippen molar-refractivity contribution >= 4 is 0 Å². The van der Waals surface area contributed by atoms with Crippen LogP contribution in [0, 0.1) is 40.9 Å². The van der Waals surface area contributed by atoms with E-state index in [1.807, 2.05) is 5.57 Å². The van der Waals surface area contributed by atoms with Crippen molar-refractivity contribution in [2.75, 3.05) is 0 Å². The summed E-state index contributed by atoms with van der Waals surface area (Å²) < 4.78 is 0. The van der Waals surface area contributed by atoms with Gasteiger partial charge in [0.25, 0.3) is 0 Å². The van der Waals surface area contributed by atoms with Crippen molar-refractivity contribution in [1.29, 1.82) is 0 Å². The lowest BCUT2D eigenvalue weighted by molar-refractivity contribution is 0.0929. The van der Waals surface area contributed by atoms with Crippen molar-refractivity contribution in [3.8, 4) is 0 Å². The Labute approximate surface area is 176 Å². The Bertz CT molecular complexity index is 565. The summed E-state index contributed by atoms with van der Waals surface area (Å²) in [6, 6.07) is 0. The lowest BCUT2D eigenvalue weighted by atomic mass is 9.60. The zero-order valence-electron chi connectivity index (χ0n) is 19.9. The summed E-state index contributed by atoms with van der Waals surface area (Å²) in [6.45, 7) is 14.9. The fourth-order valence-corrected chi connectivity index (χ4v) is 7.14. The number of hydrogen-bond donors (Lipinski definition) is 0. The van der Waals surface area contributed by atoms with Gasteiger partial charge in [-0.15, -0.1) is 0 Å². The van der Waals surface area contributed by atoms with Gasteiger partial charge in [-0.05, 0) is 92.3 Å². The molecule has 0 aliphatic heterocycles. The summed E-state index contributed by atoms with van der Waals surface area (Å²) in [7, 11) is 0. The quantitative estimate of drug-likeness (QED) is 0.428. The summed E-state index contributed by atoms with van der Waals surface area (Å²) in [4.78, 5) is 0. The van der Waals surface area contributed by atoms with Crippen molar-refractivity contribution < 1.29 is 0 Å². The standard InChI is InChI=1S/C28H48/c1-20(2)9-7-10-23(5)26-16-17-27-24(11-8-18-28(26,27)6)14-15-25-19-21(3)12-13-22(25)4/h14-15,20-23,26-27H,7-13,16-19H2,1-6H3/b24-14+,25-15-. The maximum absolute atomic E-state index is 2.67. The molecule has 6 unspecified atom stereocenters. The Kier molecular flexibility index (Phi) is 7.54. The van der Waals surface area contributed by atoms with Gasteiger partial charge in [0, 0.05) is 0 Å². The van der Waals surface area contributed by atoms with Crippen LogP contribution in [0.3, 0.4) is 0 Å². The minimum atomic E-state index is 0.575. The van der Waals surface area contributed by atoms with Crippen LogP contribution in [0.4, 0.5) is 0 Å². The maximum atomic E-state index is 2.67. The highest BCUT2D eigenvalue weighted by molar-refractivity contribution is 5.26. The number of hydrogen-bond acceptors (Lipinski definition) is 0. The molecule has 3 fully saturated rings. The summed E-state index contributed by atoms with van der Waals surface area (Å²) in [5, 5.41) is 0. The lowest BCUT2D eigenvalue weighted by Gasteiger charge is -2.44. The smallest absolute Gasteiger partial charge is 0.0143 e. The molecule has 28 heavy (non-hydrogen) atoms. The monoisotopic (exact) mass is 384 g/mol. The molecule has 3 rings (SSSR count). The summed E-state index contributed by atoms with van der Waals surface area (Å²) in [6.07, 6.45) is 20.8. The molecule has 3 saturated carbocycles. The largest absolute Gasteiger partial charge is 0.0671 e. The van der Waals surface area contributed by atoms with Crippen LogP contribution in [0.2, 0.25) is 0 Å². The number of fused-ring (bicyclic) bond motifs is 1. The minimum Gasteiger partial charge on any atom is -0.0671 e. The van der Waals surface area contributed by atoms with Gasteiger partial charge < -0.3 is 0 Å². The normalized spacial score (nSPS) is 40.2. The molecule has 6 atom stereocenters. The third-order valence-corrected chi connectivity index (χ3v) is 8.99. The predicted octanol–water partition coefficient (Wildman–Crippen LogP) is 8.97. The van der Waals surface area contributed by atoms with Crippen molar-refractivity contribution in [1.82, 2.24) is 0 Å². The minimum absolute atomic E-state index is 0.575. The van der Waals surface area contributed by atoms with E-state index in [4.69, 9.17) is 0 Å². The van der Waals surface area contributed by atoms with Gasteiger partial charge in [-0.25, -0.2) is 0 Å². The van der Waals surface area contributed by atoms with Gasteiger partial charge >= 0.3 is 0 Å². The first kappa shape index (κ1) is 22.2. The maximum Gasteiger partial charge on any atom is -0.0143 e. The first-order valence-electron chi connectivity index (χ1n) is 12.7. The predicted molar refractivity (Wildman–Crippen MR) is 124 cm³/mol. The average Bonchev–Trinajstić information content (AvgIpc) is 2.99. The topological polar surface area (TPSA) is 0 Å². The highest BCUT2D eigenvalue weighted by Gasteiger charge is 2.50. The molecule has 160 valence electrons. The molecule has 0 N–H and O–H groups in total. The molecule has 3 aliphatic carbocycles. The molecular formula is C28H48. The number of allylic oxidation sites excluding steroid dienone is 4. The van der Waals surface area contributed by atoms with Crippen molar-refractivity contribution in [3.63, 3.8) is 0 Å². The molecule has 0 aromatic heterocycles. The molecule has 0 heteroatoms. The van der Waals surface area contributed by atoms with Crippen LogP contribution in [0.25, 0.3) is 0 Å². The molecule has 0 radical (unpaired) electrons. The Morgan fingerprint density at radius 3 is 2.46 bits per heavy atom. The van der Waals surface area contributed by atoms with Crippen LogP contribution >= 0.6 is 0 Å². The molecule has 0 bridgehead atoms. The lowest BCUT2D eigenvalue weighted by Crippen LogP contribution is -2.36. The Hall–Kier alpha value is -0.520. The first-order chi connectivity index (χ1) is 13.3. The zero-order chi connectivity index (χ0) is 20.3. The van der Waals surface area contributed by atoms with E-state index in [2.05, 4.69) is 53.7 Å². The van der Waals surface area contributed by atoms with Gasteiger partial charge in [-0.2, -0.15) is 0 Å². The van der Waals surface area contributed by atoms with Gasteiger partial charge in [0.05, 0.1) is 0 Å². The molecule has 0 amide bonds. The molecule has 0 spiro atoms. The zero-order valence-corrected chi connectivity index (χ0v) is 19.9. The third kappa shape index (κ3) is 4.96. The molecule has 0 nitrogen and oxygen atoms in total. The van der Waals surface area contributed by atoms with Crippen molar-refractivity contribution in [3.05, 3.63) is 23.3 Å². The summed E-state index contributed by atoms with van der Waals surface area (Å²) in [5.41, 5.74) is 4.12. The van der Waals surface area contributed by atoms with E-state index >= 15 is 0 Å². The van der Waals surface area contributed by atoms with Crippen molar-refractivity contribution in [2.24, 2.45) is 40.9 Å². The fourth-order valence-electron chi connectivity index (χ4n) is 7.14. The second-order valence-electron chi connectivity index (χ2n) is 11.7. The van der Waals surface area contributed by atoms with Gasteiger partial charge in [-0.3, -0.25) is 0 Å². The molecule has 0 aromatic rings. The Morgan fingerprint density at radius 1 is 0.964 bits per heavy atom. The fraction of sp³-hybridized carbons (Fsp3) is 0.857. The molecular weight excluding hydrogens is 336 g/mol. The van der Waals surface area contributed by atoms with Gasteiger partial charge in [0.2, 0.25) is 0 Å². The third-order valence-electron chi connectivity index (χ3n) is 8.99.